The molecule has 0 aliphatic heterocycles. The minimum Gasteiger partial charge on any atom is -0.353 e. The molecule has 0 aromatic carbocycles. The van der Waals surface area contributed by atoms with Gasteiger partial charge in [-0.05, 0) is 30.4 Å². The fourth-order valence-corrected chi connectivity index (χ4v) is 2.08. The molecule has 2 amide bonds. The van der Waals surface area contributed by atoms with Crippen molar-refractivity contribution in [3.05, 3.63) is 28.5 Å². The highest BCUT2D eigenvalue weighted by Crippen LogP contribution is 2.09. The molecule has 0 saturated heterocycles. The fourth-order valence-electron chi connectivity index (χ4n) is 1.46. The Hall–Kier alpha value is -1.66. The molecule has 1 rings (SSSR count). The van der Waals surface area contributed by atoms with E-state index in [-0.39, 0.29) is 11.8 Å². The first-order chi connectivity index (χ1) is 9.22. The van der Waals surface area contributed by atoms with E-state index in [4.69, 9.17) is 5.21 Å². The summed E-state index contributed by atoms with van der Waals surface area (Å²) in [6.45, 7) is 0.592. The van der Waals surface area contributed by atoms with Crippen LogP contribution in [-0.4, -0.2) is 23.6 Å². The lowest BCUT2D eigenvalue weighted by molar-refractivity contribution is -0.129. The molecule has 0 atom stereocenters. The molecule has 0 aliphatic rings. The molecule has 1 aromatic heterocycles. The number of rotatable bonds is 8. The minimum atomic E-state index is -0.372. The maximum absolute atomic E-state index is 11.4. The quantitative estimate of drug-likeness (QED) is 0.295. The van der Waals surface area contributed by atoms with Crippen molar-refractivity contribution in [2.45, 2.75) is 25.7 Å². The van der Waals surface area contributed by atoms with Crippen LogP contribution < -0.4 is 10.8 Å². The maximum atomic E-state index is 11.4. The maximum Gasteiger partial charge on any atom is 0.244 e. The Balaban J connectivity index is 2.03. The largest absolute Gasteiger partial charge is 0.353 e. The van der Waals surface area contributed by atoms with Gasteiger partial charge in [0, 0.05) is 23.9 Å². The van der Waals surface area contributed by atoms with E-state index >= 15 is 0 Å². The van der Waals surface area contributed by atoms with E-state index in [9.17, 15) is 9.59 Å². The molecule has 5 nitrogen and oxygen atoms in total. The molecule has 0 radical (unpaired) electrons. The average Bonchev–Trinajstić information content (AvgIpc) is 2.93. The highest BCUT2D eigenvalue weighted by molar-refractivity contribution is 7.10. The second-order valence-electron chi connectivity index (χ2n) is 3.99. The lowest BCUT2D eigenvalue weighted by Crippen LogP contribution is -2.22. The Morgan fingerprint density at radius 3 is 2.84 bits per heavy atom. The van der Waals surface area contributed by atoms with Crippen LogP contribution in [0.4, 0.5) is 0 Å². The summed E-state index contributed by atoms with van der Waals surface area (Å²) in [5.74, 6) is -0.482. The lowest BCUT2D eigenvalue weighted by atomic mass is 10.2. The van der Waals surface area contributed by atoms with Gasteiger partial charge in [-0.2, -0.15) is 0 Å². The minimum absolute atomic E-state index is 0.110. The van der Waals surface area contributed by atoms with Crippen molar-refractivity contribution in [1.82, 2.24) is 10.8 Å². The summed E-state index contributed by atoms with van der Waals surface area (Å²) in [5, 5.41) is 13.0. The third kappa shape index (κ3) is 7.38. The summed E-state index contributed by atoms with van der Waals surface area (Å²) < 4.78 is 0. The molecular formula is C13H18N2O3S. The molecule has 6 heteroatoms. The summed E-state index contributed by atoms with van der Waals surface area (Å²) >= 11 is 1.58. The van der Waals surface area contributed by atoms with Gasteiger partial charge in [0.2, 0.25) is 11.8 Å². The van der Waals surface area contributed by atoms with E-state index in [2.05, 4.69) is 5.32 Å². The number of carbonyl (C=O) groups excluding carboxylic acids is 2. The van der Waals surface area contributed by atoms with E-state index in [1.165, 1.54) is 6.08 Å². The second-order valence-corrected chi connectivity index (χ2v) is 4.96. The zero-order chi connectivity index (χ0) is 13.9. The van der Waals surface area contributed by atoms with Crippen molar-refractivity contribution >= 4 is 29.2 Å². The number of thiophene rings is 1. The first kappa shape index (κ1) is 15.4. The Morgan fingerprint density at radius 1 is 1.32 bits per heavy atom. The van der Waals surface area contributed by atoms with E-state index in [0.717, 1.165) is 17.7 Å². The van der Waals surface area contributed by atoms with Gasteiger partial charge in [0.15, 0.2) is 0 Å². The lowest BCUT2D eigenvalue weighted by Gasteiger charge is -2.02. The smallest absolute Gasteiger partial charge is 0.244 e. The molecule has 19 heavy (non-hydrogen) atoms. The first-order valence-electron chi connectivity index (χ1n) is 6.14. The molecule has 0 saturated carbocycles. The van der Waals surface area contributed by atoms with Crippen LogP contribution in [0.5, 0.6) is 0 Å². The van der Waals surface area contributed by atoms with Crippen molar-refractivity contribution in [2.24, 2.45) is 0 Å². The van der Waals surface area contributed by atoms with E-state index in [1.54, 1.807) is 22.9 Å². The average molecular weight is 282 g/mol. The number of amides is 2. The van der Waals surface area contributed by atoms with Crippen LogP contribution in [0.3, 0.4) is 0 Å². The number of nitrogens with one attached hydrogen (secondary N) is 2. The molecule has 0 spiro atoms. The van der Waals surface area contributed by atoms with Crippen LogP contribution in [0.2, 0.25) is 0 Å². The van der Waals surface area contributed by atoms with Crippen LogP contribution in [0, 0.1) is 0 Å². The van der Waals surface area contributed by atoms with E-state index < -0.39 is 0 Å². The highest BCUT2D eigenvalue weighted by atomic mass is 32.1. The van der Waals surface area contributed by atoms with E-state index in [1.807, 2.05) is 17.5 Å². The van der Waals surface area contributed by atoms with Gasteiger partial charge in [0.25, 0.3) is 0 Å². The van der Waals surface area contributed by atoms with Gasteiger partial charge in [0.1, 0.15) is 0 Å². The summed E-state index contributed by atoms with van der Waals surface area (Å²) in [4.78, 5) is 23.2. The molecule has 0 aliphatic carbocycles. The fraction of sp³-hybridized carbons (Fsp3) is 0.385. The molecule has 1 heterocycles. The van der Waals surface area contributed by atoms with Crippen molar-refractivity contribution in [3.8, 4) is 0 Å². The van der Waals surface area contributed by atoms with Gasteiger partial charge >= 0.3 is 0 Å². The van der Waals surface area contributed by atoms with Gasteiger partial charge in [-0.1, -0.05) is 12.5 Å². The second kappa shape index (κ2) is 9.29. The zero-order valence-corrected chi connectivity index (χ0v) is 11.4. The SMILES string of the molecule is O=C(C=Cc1cccs1)NCCCCCC(=O)NO. The van der Waals surface area contributed by atoms with Crippen molar-refractivity contribution in [1.29, 1.82) is 0 Å². The van der Waals surface area contributed by atoms with Gasteiger partial charge in [0.05, 0.1) is 0 Å². The number of hydroxylamine groups is 1. The highest BCUT2D eigenvalue weighted by Gasteiger charge is 1.99. The molecule has 3 N–H and O–H groups in total. The Morgan fingerprint density at radius 2 is 2.16 bits per heavy atom. The number of carbonyl (C=O) groups is 2. The Kier molecular flexibility index (Phi) is 7.53. The van der Waals surface area contributed by atoms with Gasteiger partial charge in [-0.15, -0.1) is 11.3 Å². The monoisotopic (exact) mass is 282 g/mol. The summed E-state index contributed by atoms with van der Waals surface area (Å²) in [5.41, 5.74) is 1.59. The Bertz CT molecular complexity index is 416. The first-order valence-corrected chi connectivity index (χ1v) is 7.02. The summed E-state index contributed by atoms with van der Waals surface area (Å²) in [6.07, 6.45) is 5.96. The topological polar surface area (TPSA) is 78.4 Å². The van der Waals surface area contributed by atoms with Crippen molar-refractivity contribution < 1.29 is 14.8 Å². The normalized spacial score (nSPS) is 10.6. The number of hydrogen-bond donors (Lipinski definition) is 3. The van der Waals surface area contributed by atoms with Crippen LogP contribution in [0.15, 0.2) is 23.6 Å². The van der Waals surface area contributed by atoms with Crippen molar-refractivity contribution in [3.63, 3.8) is 0 Å². The third-order valence-electron chi connectivity index (χ3n) is 2.45. The molecule has 0 bridgehead atoms. The molecule has 1 aromatic rings. The predicted molar refractivity (Wildman–Crippen MR) is 74.8 cm³/mol. The third-order valence-corrected chi connectivity index (χ3v) is 3.28. The van der Waals surface area contributed by atoms with E-state index in [0.29, 0.717) is 19.4 Å². The zero-order valence-electron chi connectivity index (χ0n) is 10.6. The van der Waals surface area contributed by atoms with Gasteiger partial charge in [-0.3, -0.25) is 14.8 Å². The standard InChI is InChI=1S/C13H18N2O3S/c16-12(8-7-11-5-4-10-19-11)14-9-3-1-2-6-13(17)15-18/h4-5,7-8,10,18H,1-3,6,9H2,(H,14,16)(H,15,17). The van der Waals surface area contributed by atoms with Crippen LogP contribution in [-0.2, 0) is 9.59 Å². The molecule has 0 fully saturated rings. The van der Waals surface area contributed by atoms with Crippen molar-refractivity contribution in [2.75, 3.05) is 6.54 Å². The Labute approximate surface area is 116 Å². The van der Waals surface area contributed by atoms with Gasteiger partial charge in [-0.25, -0.2) is 5.48 Å². The molecular weight excluding hydrogens is 264 g/mol. The number of hydrogen-bond acceptors (Lipinski definition) is 4. The summed E-state index contributed by atoms with van der Waals surface area (Å²) in [6, 6.07) is 3.88. The van der Waals surface area contributed by atoms with Crippen LogP contribution in [0.25, 0.3) is 6.08 Å². The van der Waals surface area contributed by atoms with Gasteiger partial charge < -0.3 is 5.32 Å². The van der Waals surface area contributed by atoms with Crippen LogP contribution >= 0.6 is 11.3 Å². The number of unbranched alkanes of at least 4 members (excludes halogenated alkanes) is 2. The molecule has 0 unspecified atom stereocenters. The van der Waals surface area contributed by atoms with Crippen LogP contribution in [0.1, 0.15) is 30.6 Å². The summed E-state index contributed by atoms with van der Waals surface area (Å²) in [7, 11) is 0. The molecule has 104 valence electrons. The predicted octanol–water partition coefficient (Wildman–Crippen LogP) is 1.94.